The van der Waals surface area contributed by atoms with Crippen LogP contribution in [0, 0.1) is 0 Å². The number of carbonyl (C=O) groups excluding carboxylic acids is 1. The number of hydrogen-bond acceptors (Lipinski definition) is 18. The van der Waals surface area contributed by atoms with Crippen molar-refractivity contribution in [2.75, 3.05) is 26.4 Å². The van der Waals surface area contributed by atoms with Gasteiger partial charge in [0.2, 0.25) is 5.91 Å². The second-order valence-electron chi connectivity index (χ2n) is 32.4. The number of carbonyl (C=O) groups is 1. The maximum Gasteiger partial charge on any atom is 0.220 e. The molecule has 113 heavy (non-hydrogen) atoms. The van der Waals surface area contributed by atoms with Crippen molar-refractivity contribution in [3.63, 3.8) is 0 Å². The zero-order valence-corrected chi connectivity index (χ0v) is 70.8. The molecule has 0 aromatic heterocycles. The molecule has 17 atom stereocenters. The van der Waals surface area contributed by atoms with Gasteiger partial charge < -0.3 is 89.9 Å². The van der Waals surface area contributed by atoms with Crippen LogP contribution in [-0.4, -0.2) is 193 Å². The first-order chi connectivity index (χ1) is 55.3. The summed E-state index contributed by atoms with van der Waals surface area (Å²) in [4.78, 5) is 13.5. The van der Waals surface area contributed by atoms with Gasteiger partial charge in [-0.05, 0) is 89.9 Å². The standard InChI is InChI=1S/C94H167NO18/c1-3-5-7-9-11-13-15-17-19-21-23-25-27-29-31-33-34-35-36-37-38-39-40-41-42-44-46-48-50-52-54-56-58-60-62-64-66-68-70-72-82(100)95-77(78(99)71-69-67-65-63-61-59-57-55-53-51-49-47-45-43-32-30-28-26-24-22-20-18-16-14-12-10-8-6-4-2)76-108-92-88(106)85(103)90(80(74-97)110-92)113-94-89(107)86(104)91(81(75-98)111-94)112-93-87(105)84(102)83(101)79(73-96)109-93/h5,7,11,13,17,19,23,25,29,31,53,55,61,63,69,71,77-81,83-94,96-99,101-107H,3-4,6,8-10,12,14-16,18,20-22,24,26-28,30,32-52,54,56-60,62,64-68,70,72-76H2,1-2H3,(H,95,100)/b7-5-,13-11-,19-17-,25-23-,31-29-,55-53+,63-61+,71-69+. The van der Waals surface area contributed by atoms with E-state index >= 15 is 0 Å². The first-order valence-corrected chi connectivity index (χ1v) is 46.0. The van der Waals surface area contributed by atoms with E-state index in [0.29, 0.717) is 12.8 Å². The lowest BCUT2D eigenvalue weighted by Gasteiger charge is -2.48. The quantitative estimate of drug-likeness (QED) is 0.0199. The molecule has 19 nitrogen and oxygen atoms in total. The number of unbranched alkanes of at least 4 members (excludes halogenated alkanes) is 44. The van der Waals surface area contributed by atoms with Crippen LogP contribution in [0.5, 0.6) is 0 Å². The molecule has 0 aromatic carbocycles. The van der Waals surface area contributed by atoms with E-state index in [4.69, 9.17) is 28.4 Å². The van der Waals surface area contributed by atoms with Gasteiger partial charge in [-0.15, -0.1) is 0 Å². The topological polar surface area (TPSA) is 307 Å². The van der Waals surface area contributed by atoms with Gasteiger partial charge in [0.1, 0.15) is 73.2 Å². The summed E-state index contributed by atoms with van der Waals surface area (Å²) in [6.07, 6.45) is 74.3. The molecule has 3 heterocycles. The Balaban J connectivity index is 1.32. The van der Waals surface area contributed by atoms with Gasteiger partial charge in [-0.2, -0.15) is 0 Å². The average Bonchev–Trinajstić information content (AvgIpc) is 0.780. The number of amides is 1. The van der Waals surface area contributed by atoms with Gasteiger partial charge in [-0.3, -0.25) is 4.79 Å². The Morgan fingerprint density at radius 1 is 0.327 bits per heavy atom. The second kappa shape index (κ2) is 72.7. The molecule has 12 N–H and O–H groups in total. The zero-order valence-electron chi connectivity index (χ0n) is 70.8. The molecule has 656 valence electrons. The molecule has 0 aromatic rings. The molecule has 3 rings (SSSR count). The van der Waals surface area contributed by atoms with Crippen molar-refractivity contribution < 1.29 is 89.4 Å². The molecule has 0 radical (unpaired) electrons. The number of aliphatic hydroxyl groups excluding tert-OH is 11. The molecule has 0 bridgehead atoms. The van der Waals surface area contributed by atoms with E-state index in [1.807, 2.05) is 6.08 Å². The van der Waals surface area contributed by atoms with Crippen molar-refractivity contribution in [2.45, 2.75) is 465 Å². The van der Waals surface area contributed by atoms with Crippen LogP contribution in [0.15, 0.2) is 97.2 Å². The highest BCUT2D eigenvalue weighted by molar-refractivity contribution is 5.76. The number of rotatable bonds is 74. The summed E-state index contributed by atoms with van der Waals surface area (Å²) >= 11 is 0. The average molecular weight is 1600 g/mol. The predicted molar refractivity (Wildman–Crippen MR) is 457 cm³/mol. The molecule has 3 fully saturated rings. The monoisotopic (exact) mass is 1600 g/mol. The molecular formula is C94H167NO18. The first-order valence-electron chi connectivity index (χ1n) is 46.0. The minimum absolute atomic E-state index is 0.232. The molecule has 3 aliphatic rings. The van der Waals surface area contributed by atoms with Crippen molar-refractivity contribution in [2.24, 2.45) is 0 Å². The largest absolute Gasteiger partial charge is 0.394 e. The summed E-state index contributed by atoms with van der Waals surface area (Å²) in [6.45, 7) is 1.64. The fourth-order valence-corrected chi connectivity index (χ4v) is 15.1. The minimum atomic E-state index is -1.99. The van der Waals surface area contributed by atoms with Gasteiger partial charge in [-0.1, -0.05) is 361 Å². The van der Waals surface area contributed by atoms with E-state index in [1.165, 1.54) is 250 Å². The normalized spacial score (nSPS) is 25.3. The summed E-state index contributed by atoms with van der Waals surface area (Å²) in [6, 6.07) is -1.00. The van der Waals surface area contributed by atoms with Crippen LogP contribution in [-0.2, 0) is 33.2 Å². The number of aliphatic hydroxyl groups is 11. The maximum absolute atomic E-state index is 13.5. The summed E-state index contributed by atoms with van der Waals surface area (Å²) in [5, 5.41) is 121. The lowest BCUT2D eigenvalue weighted by atomic mass is 9.96. The van der Waals surface area contributed by atoms with E-state index in [-0.39, 0.29) is 18.9 Å². The minimum Gasteiger partial charge on any atom is -0.394 e. The van der Waals surface area contributed by atoms with Gasteiger partial charge >= 0.3 is 0 Å². The Bertz CT molecular complexity index is 2420. The Hall–Kier alpha value is -3.29. The van der Waals surface area contributed by atoms with Gasteiger partial charge in [0.15, 0.2) is 18.9 Å². The van der Waals surface area contributed by atoms with Crippen molar-refractivity contribution in [1.29, 1.82) is 0 Å². The van der Waals surface area contributed by atoms with Crippen molar-refractivity contribution in [1.82, 2.24) is 5.32 Å². The highest BCUT2D eigenvalue weighted by atomic mass is 16.8. The van der Waals surface area contributed by atoms with E-state index < -0.39 is 124 Å². The third kappa shape index (κ3) is 51.1. The van der Waals surface area contributed by atoms with E-state index in [1.54, 1.807) is 6.08 Å². The van der Waals surface area contributed by atoms with Crippen LogP contribution in [0.4, 0.5) is 0 Å². The third-order valence-corrected chi connectivity index (χ3v) is 22.3. The van der Waals surface area contributed by atoms with Gasteiger partial charge in [0.05, 0.1) is 38.6 Å². The highest BCUT2D eigenvalue weighted by Crippen LogP contribution is 2.34. The zero-order chi connectivity index (χ0) is 81.7. The Labute approximate surface area is 685 Å². The van der Waals surface area contributed by atoms with Crippen LogP contribution >= 0.6 is 0 Å². The number of hydrogen-bond donors (Lipinski definition) is 12. The lowest BCUT2D eigenvalue weighted by Crippen LogP contribution is -2.66. The molecule has 3 aliphatic heterocycles. The van der Waals surface area contributed by atoms with Crippen LogP contribution in [0.25, 0.3) is 0 Å². The molecule has 19 heteroatoms. The Kier molecular flexibility index (Phi) is 66.8. The second-order valence-corrected chi connectivity index (χ2v) is 32.4. The predicted octanol–water partition coefficient (Wildman–Crippen LogP) is 17.9. The smallest absolute Gasteiger partial charge is 0.220 e. The summed E-state index contributed by atoms with van der Waals surface area (Å²) in [5.41, 5.74) is 0. The van der Waals surface area contributed by atoms with Gasteiger partial charge in [0, 0.05) is 6.42 Å². The van der Waals surface area contributed by atoms with E-state index in [0.717, 1.165) is 77.0 Å². The fraction of sp³-hybridized carbons (Fsp3) is 0.819. The van der Waals surface area contributed by atoms with Crippen molar-refractivity contribution in [3.05, 3.63) is 97.2 Å². The summed E-state index contributed by atoms with van der Waals surface area (Å²) < 4.78 is 34.5. The van der Waals surface area contributed by atoms with Crippen molar-refractivity contribution in [3.8, 4) is 0 Å². The lowest BCUT2D eigenvalue weighted by molar-refractivity contribution is -0.379. The summed E-state index contributed by atoms with van der Waals surface area (Å²) in [5.74, 6) is -0.285. The van der Waals surface area contributed by atoms with Crippen LogP contribution in [0.3, 0.4) is 0 Å². The molecule has 17 unspecified atom stereocenters. The maximum atomic E-state index is 13.5. The Morgan fingerprint density at radius 3 is 0.991 bits per heavy atom. The van der Waals surface area contributed by atoms with Crippen LogP contribution < -0.4 is 5.32 Å². The fourth-order valence-electron chi connectivity index (χ4n) is 15.1. The number of allylic oxidation sites excluding steroid dienone is 15. The van der Waals surface area contributed by atoms with Crippen molar-refractivity contribution >= 4 is 5.91 Å². The van der Waals surface area contributed by atoms with Gasteiger partial charge in [-0.25, -0.2) is 0 Å². The highest BCUT2D eigenvalue weighted by Gasteiger charge is 2.54. The SMILES string of the molecule is CC/C=C\C/C=C\C/C=C\C/C=C\C/C=C\CCCCCCCCCCCCCCCCCCCCCCCCCC(=O)NC(COC1OC(CO)C(OC2OC(CO)C(OC3OC(CO)C(O)C(O)C3O)C(O)C2O)C(O)C1O)C(O)/C=C/CC/C=C/CC/C=C/CCCCCCCCCCCCCCCCCCCCC. The first kappa shape index (κ1) is 104. The molecule has 0 spiro atoms. The molecular weight excluding hydrogens is 1430 g/mol. The number of ether oxygens (including phenoxy) is 6. The summed E-state index contributed by atoms with van der Waals surface area (Å²) in [7, 11) is 0. The van der Waals surface area contributed by atoms with Crippen LogP contribution in [0.1, 0.15) is 361 Å². The molecule has 1 amide bonds. The van der Waals surface area contributed by atoms with E-state index in [9.17, 15) is 61.0 Å². The third-order valence-electron chi connectivity index (χ3n) is 22.3. The van der Waals surface area contributed by atoms with E-state index in [2.05, 4.69) is 104 Å². The Morgan fingerprint density at radius 2 is 0.619 bits per heavy atom. The molecule has 3 saturated heterocycles. The van der Waals surface area contributed by atoms with Gasteiger partial charge in [0.25, 0.3) is 0 Å². The molecule has 0 aliphatic carbocycles. The van der Waals surface area contributed by atoms with Crippen LogP contribution in [0.2, 0.25) is 0 Å². The molecule has 0 saturated carbocycles. The number of nitrogens with one attached hydrogen (secondary N) is 1.